The molecule has 1 heterocycles. The first kappa shape index (κ1) is 34.7. The minimum Gasteiger partial charge on any atom is -0.482 e. The average molecular weight is 795 g/mol. The van der Waals surface area contributed by atoms with E-state index >= 15 is 0 Å². The van der Waals surface area contributed by atoms with Crippen LogP contribution in [0.15, 0.2) is 98.2 Å². The van der Waals surface area contributed by atoms with Crippen molar-refractivity contribution >= 4 is 66.6 Å². The van der Waals surface area contributed by atoms with Gasteiger partial charge in [-0.15, -0.1) is 0 Å². The number of hydrogen-bond donors (Lipinski definition) is 1. The molecule has 250 valence electrons. The fourth-order valence-corrected chi connectivity index (χ4v) is 8.90. The minimum absolute atomic E-state index is 0.0404. The highest BCUT2D eigenvalue weighted by molar-refractivity contribution is 9.11. The third-order valence-electron chi connectivity index (χ3n) is 9.33. The maximum atomic E-state index is 14.4. The highest BCUT2D eigenvalue weighted by Crippen LogP contribution is 2.56. The van der Waals surface area contributed by atoms with E-state index in [9.17, 15) is 14.4 Å². The number of amides is 1. The second-order valence-corrected chi connectivity index (χ2v) is 16.7. The van der Waals surface area contributed by atoms with E-state index in [0.29, 0.717) is 69.9 Å². The molecule has 0 aromatic heterocycles. The summed E-state index contributed by atoms with van der Waals surface area (Å²) in [6.07, 6.45) is 2.94. The lowest BCUT2D eigenvalue weighted by atomic mass is 9.63. The molecule has 1 N–H and O–H groups in total. The van der Waals surface area contributed by atoms with E-state index in [1.54, 1.807) is 24.3 Å². The summed E-state index contributed by atoms with van der Waals surface area (Å²) in [6, 6.07) is 21.1. The Morgan fingerprint density at radius 2 is 1.46 bits per heavy atom. The van der Waals surface area contributed by atoms with Crippen LogP contribution in [0.4, 0.5) is 5.69 Å². The Balaban J connectivity index is 1.47. The number of allylic oxidation sites excluding steroid dienone is 4. The van der Waals surface area contributed by atoms with Crippen molar-refractivity contribution in [1.82, 2.24) is 4.90 Å². The molecule has 0 unspecified atom stereocenters. The summed E-state index contributed by atoms with van der Waals surface area (Å²) in [5, 5.41) is 3.24. The normalized spacial score (nSPS) is 18.9. The van der Waals surface area contributed by atoms with Gasteiger partial charge < -0.3 is 15.0 Å². The Hall–Kier alpha value is -3.20. The SMILES string of the molecule is CC1(C)CC(=O)C2=C(C1)N(CCc1ccccc1)C1=C(C(=O)CC(C)(C)C1)C2c1cc(Br)cc(Br)c1OCC(=O)Nc1ccccc1Cl. The van der Waals surface area contributed by atoms with E-state index in [-0.39, 0.29) is 34.9 Å². The van der Waals surface area contributed by atoms with Gasteiger partial charge in [0, 0.05) is 57.9 Å². The molecule has 0 spiro atoms. The van der Waals surface area contributed by atoms with Crippen LogP contribution in [-0.4, -0.2) is 35.5 Å². The van der Waals surface area contributed by atoms with Crippen molar-refractivity contribution in [2.45, 2.75) is 65.7 Å². The standard InChI is InChI=1S/C39H39Br2ClN2O4/c1-38(2)18-29-35(31(45)20-38)34(36-30(19-39(3,4)21-32(36)46)44(29)15-14-23-10-6-5-7-11-23)25-16-24(40)17-26(41)37(25)48-22-33(47)43-28-13-9-8-12-27(28)42/h5-13,16-17,34H,14-15,18-22H2,1-4H3,(H,43,47). The molecule has 6 rings (SSSR count). The second-order valence-electron chi connectivity index (χ2n) is 14.5. The number of ketones is 2. The molecule has 6 nitrogen and oxygen atoms in total. The van der Waals surface area contributed by atoms with Crippen LogP contribution in [0.3, 0.4) is 0 Å². The van der Waals surface area contributed by atoms with Crippen molar-refractivity contribution in [3.8, 4) is 5.75 Å². The number of benzene rings is 3. The van der Waals surface area contributed by atoms with E-state index < -0.39 is 5.92 Å². The van der Waals surface area contributed by atoms with Crippen LogP contribution in [0.5, 0.6) is 5.75 Å². The minimum atomic E-state index is -0.634. The summed E-state index contributed by atoms with van der Waals surface area (Å²) in [6.45, 7) is 8.92. The van der Waals surface area contributed by atoms with Gasteiger partial charge in [-0.2, -0.15) is 0 Å². The van der Waals surface area contributed by atoms with E-state index in [2.05, 4.69) is 81.9 Å². The number of rotatable bonds is 8. The molecular weight excluding hydrogens is 756 g/mol. The third kappa shape index (κ3) is 7.22. The molecule has 0 radical (unpaired) electrons. The molecule has 3 aliphatic rings. The van der Waals surface area contributed by atoms with Crippen LogP contribution in [0, 0.1) is 10.8 Å². The predicted molar refractivity (Wildman–Crippen MR) is 197 cm³/mol. The Bertz CT molecular complexity index is 1810. The number of nitrogens with one attached hydrogen (secondary N) is 1. The van der Waals surface area contributed by atoms with Crippen molar-refractivity contribution in [2.75, 3.05) is 18.5 Å². The summed E-state index contributed by atoms with van der Waals surface area (Å²) in [4.78, 5) is 44.1. The molecular formula is C39H39Br2ClN2O4. The van der Waals surface area contributed by atoms with Gasteiger partial charge in [0.15, 0.2) is 18.2 Å². The Labute approximate surface area is 304 Å². The highest BCUT2D eigenvalue weighted by atomic mass is 79.9. The van der Waals surface area contributed by atoms with Crippen molar-refractivity contribution in [3.63, 3.8) is 0 Å². The summed E-state index contributed by atoms with van der Waals surface area (Å²) < 4.78 is 7.67. The Morgan fingerprint density at radius 3 is 2.06 bits per heavy atom. The van der Waals surface area contributed by atoms with Crippen LogP contribution >= 0.6 is 43.5 Å². The summed E-state index contributed by atoms with van der Waals surface area (Å²) in [5.74, 6) is -0.516. The molecule has 9 heteroatoms. The smallest absolute Gasteiger partial charge is 0.262 e. The average Bonchev–Trinajstić information content (AvgIpc) is 2.99. The summed E-state index contributed by atoms with van der Waals surface area (Å²) in [7, 11) is 0. The van der Waals surface area contributed by atoms with E-state index in [1.807, 2.05) is 30.3 Å². The van der Waals surface area contributed by atoms with Gasteiger partial charge in [0.05, 0.1) is 15.2 Å². The highest BCUT2D eigenvalue weighted by Gasteiger charge is 2.49. The van der Waals surface area contributed by atoms with E-state index in [1.165, 1.54) is 5.56 Å². The lowest BCUT2D eigenvalue weighted by Gasteiger charge is -2.49. The van der Waals surface area contributed by atoms with Gasteiger partial charge in [-0.05, 0) is 75.9 Å². The van der Waals surface area contributed by atoms with Crippen molar-refractivity contribution in [1.29, 1.82) is 0 Å². The molecule has 0 atom stereocenters. The number of nitrogens with zero attached hydrogens (tertiary/aromatic N) is 1. The topological polar surface area (TPSA) is 75.7 Å². The fraction of sp³-hybridized carbons (Fsp3) is 0.359. The van der Waals surface area contributed by atoms with Gasteiger partial charge in [-0.3, -0.25) is 14.4 Å². The van der Waals surface area contributed by atoms with Crippen LogP contribution in [0.2, 0.25) is 5.02 Å². The molecule has 2 aliphatic carbocycles. The van der Waals surface area contributed by atoms with Crippen LogP contribution in [0.1, 0.15) is 70.4 Å². The number of hydrogen-bond acceptors (Lipinski definition) is 5. The molecule has 0 saturated carbocycles. The van der Waals surface area contributed by atoms with Crippen molar-refractivity contribution in [3.05, 3.63) is 114 Å². The zero-order valence-corrected chi connectivity index (χ0v) is 31.5. The molecule has 0 saturated heterocycles. The third-order valence-corrected chi connectivity index (χ3v) is 10.7. The zero-order chi connectivity index (χ0) is 34.4. The largest absolute Gasteiger partial charge is 0.482 e. The molecule has 48 heavy (non-hydrogen) atoms. The van der Waals surface area contributed by atoms with Gasteiger partial charge in [-0.1, -0.05) is 97.7 Å². The second kappa shape index (κ2) is 13.6. The van der Waals surface area contributed by atoms with Crippen LogP contribution in [-0.2, 0) is 20.8 Å². The first-order valence-electron chi connectivity index (χ1n) is 16.2. The number of halogens is 3. The molecule has 0 fully saturated rings. The van der Waals surface area contributed by atoms with Crippen molar-refractivity contribution in [2.24, 2.45) is 10.8 Å². The number of anilines is 1. The van der Waals surface area contributed by atoms with Gasteiger partial charge >= 0.3 is 0 Å². The van der Waals surface area contributed by atoms with Crippen molar-refractivity contribution < 1.29 is 19.1 Å². The molecule has 1 aliphatic heterocycles. The fourth-order valence-electron chi connectivity index (χ4n) is 7.35. The predicted octanol–water partition coefficient (Wildman–Crippen LogP) is 9.81. The number of para-hydroxylation sites is 1. The number of carbonyl (C=O) groups is 3. The monoisotopic (exact) mass is 792 g/mol. The molecule has 3 aromatic rings. The number of carbonyl (C=O) groups excluding carboxylic acids is 3. The maximum absolute atomic E-state index is 14.4. The summed E-state index contributed by atoms with van der Waals surface area (Å²) in [5.41, 5.74) is 5.16. The maximum Gasteiger partial charge on any atom is 0.262 e. The van der Waals surface area contributed by atoms with Gasteiger partial charge in [0.25, 0.3) is 5.91 Å². The van der Waals surface area contributed by atoms with Crippen LogP contribution in [0.25, 0.3) is 0 Å². The molecule has 3 aromatic carbocycles. The quantitative estimate of drug-likeness (QED) is 0.246. The zero-order valence-electron chi connectivity index (χ0n) is 27.6. The number of ether oxygens (including phenoxy) is 1. The van der Waals surface area contributed by atoms with Crippen LogP contribution < -0.4 is 10.1 Å². The lowest BCUT2D eigenvalue weighted by molar-refractivity contribution is -0.120. The van der Waals surface area contributed by atoms with E-state index in [0.717, 1.165) is 22.3 Å². The van der Waals surface area contributed by atoms with Gasteiger partial charge in [0.2, 0.25) is 0 Å². The Morgan fingerprint density at radius 1 is 0.875 bits per heavy atom. The first-order valence-corrected chi connectivity index (χ1v) is 18.2. The molecule has 1 amide bonds. The van der Waals surface area contributed by atoms with E-state index in [4.69, 9.17) is 16.3 Å². The number of Topliss-reactive ketones (excluding diaryl/α,β-unsaturated/α-hetero) is 2. The van der Waals surface area contributed by atoms with Gasteiger partial charge in [0.1, 0.15) is 5.75 Å². The first-order chi connectivity index (χ1) is 22.7. The van der Waals surface area contributed by atoms with Gasteiger partial charge in [-0.25, -0.2) is 0 Å². The lowest BCUT2D eigenvalue weighted by Crippen LogP contribution is -2.45. The molecule has 0 bridgehead atoms. The summed E-state index contributed by atoms with van der Waals surface area (Å²) >= 11 is 13.6. The Kier molecular flexibility index (Phi) is 9.82.